The summed E-state index contributed by atoms with van der Waals surface area (Å²) < 4.78 is 0. The van der Waals surface area contributed by atoms with Gasteiger partial charge in [0.1, 0.15) is 17.3 Å². The fraction of sp³-hybridized carbons (Fsp3) is 0.133. The molecule has 0 fully saturated rings. The minimum atomic E-state index is 0.459. The fourth-order valence-corrected chi connectivity index (χ4v) is 2.66. The Bertz CT molecular complexity index is 805. The Hall–Kier alpha value is -1.91. The van der Waals surface area contributed by atoms with E-state index >= 15 is 0 Å². The van der Waals surface area contributed by atoms with Gasteiger partial charge in [-0.1, -0.05) is 30.1 Å². The maximum atomic E-state index is 6.20. The smallest absolute Gasteiger partial charge is 0.138 e. The van der Waals surface area contributed by atoms with E-state index in [4.69, 9.17) is 23.2 Å². The number of nitrogens with one attached hydrogen (secondary N) is 1. The second-order valence-electron chi connectivity index (χ2n) is 4.46. The van der Waals surface area contributed by atoms with Gasteiger partial charge in [-0.15, -0.1) is 0 Å². The molecular formula is C15H12Cl2N4. The summed E-state index contributed by atoms with van der Waals surface area (Å²) in [6, 6.07) is 7.51. The largest absolute Gasteiger partial charge is 0.338 e. The Morgan fingerprint density at radius 2 is 1.95 bits per heavy atom. The van der Waals surface area contributed by atoms with Crippen molar-refractivity contribution in [2.24, 2.45) is 0 Å². The summed E-state index contributed by atoms with van der Waals surface area (Å²) >= 11 is 12.3. The average molecular weight is 319 g/mol. The van der Waals surface area contributed by atoms with Crippen molar-refractivity contribution in [3.63, 3.8) is 0 Å². The van der Waals surface area contributed by atoms with E-state index in [1.165, 1.54) is 6.33 Å². The van der Waals surface area contributed by atoms with Crippen LogP contribution >= 0.6 is 23.2 Å². The summed E-state index contributed by atoms with van der Waals surface area (Å²) in [6.45, 7) is 2.01. The van der Waals surface area contributed by atoms with Crippen LogP contribution in [0.15, 0.2) is 36.8 Å². The maximum absolute atomic E-state index is 6.20. The third-order valence-corrected chi connectivity index (χ3v) is 3.87. The molecule has 0 saturated heterocycles. The molecule has 21 heavy (non-hydrogen) atoms. The highest BCUT2D eigenvalue weighted by atomic mass is 35.5. The zero-order valence-electron chi connectivity index (χ0n) is 11.3. The summed E-state index contributed by atoms with van der Waals surface area (Å²) in [6.07, 6.45) is 3.91. The van der Waals surface area contributed by atoms with Crippen molar-refractivity contribution in [2.75, 3.05) is 5.32 Å². The van der Waals surface area contributed by atoms with Crippen molar-refractivity contribution in [2.45, 2.75) is 13.3 Å². The van der Waals surface area contributed by atoms with Crippen LogP contribution in [0.25, 0.3) is 10.9 Å². The zero-order valence-corrected chi connectivity index (χ0v) is 12.8. The van der Waals surface area contributed by atoms with Crippen LogP contribution in [-0.2, 0) is 6.42 Å². The molecule has 3 rings (SSSR count). The predicted molar refractivity (Wildman–Crippen MR) is 86.5 cm³/mol. The first kappa shape index (κ1) is 14.0. The van der Waals surface area contributed by atoms with Gasteiger partial charge in [0.05, 0.1) is 16.2 Å². The molecule has 0 aliphatic rings. The number of hydrogen-bond acceptors (Lipinski definition) is 4. The average Bonchev–Trinajstić information content (AvgIpc) is 2.51. The summed E-state index contributed by atoms with van der Waals surface area (Å²) in [5.41, 5.74) is 2.50. The number of aromatic nitrogens is 3. The summed E-state index contributed by atoms with van der Waals surface area (Å²) in [4.78, 5) is 12.7. The van der Waals surface area contributed by atoms with Gasteiger partial charge in [-0.05, 0) is 30.7 Å². The third kappa shape index (κ3) is 2.64. The van der Waals surface area contributed by atoms with E-state index < -0.39 is 0 Å². The molecule has 2 heterocycles. The number of pyridine rings is 1. The summed E-state index contributed by atoms with van der Waals surface area (Å²) in [5.74, 6) is 0.687. The van der Waals surface area contributed by atoms with Gasteiger partial charge in [-0.25, -0.2) is 9.97 Å². The second-order valence-corrected chi connectivity index (χ2v) is 5.23. The lowest BCUT2D eigenvalue weighted by atomic mass is 10.1. The zero-order chi connectivity index (χ0) is 14.8. The maximum Gasteiger partial charge on any atom is 0.138 e. The molecule has 2 aromatic heterocycles. The van der Waals surface area contributed by atoms with Crippen LogP contribution in [0.4, 0.5) is 11.5 Å². The summed E-state index contributed by atoms with van der Waals surface area (Å²) in [5, 5.41) is 5.30. The van der Waals surface area contributed by atoms with E-state index in [0.29, 0.717) is 16.0 Å². The molecule has 0 aliphatic heterocycles. The van der Waals surface area contributed by atoms with E-state index in [-0.39, 0.29) is 0 Å². The number of anilines is 2. The minimum Gasteiger partial charge on any atom is -0.338 e. The van der Waals surface area contributed by atoms with Crippen LogP contribution < -0.4 is 5.32 Å². The van der Waals surface area contributed by atoms with Crippen LogP contribution in [0, 0.1) is 0 Å². The first-order valence-corrected chi connectivity index (χ1v) is 7.26. The Morgan fingerprint density at radius 3 is 2.76 bits per heavy atom. The van der Waals surface area contributed by atoms with Crippen LogP contribution in [0.1, 0.15) is 12.5 Å². The van der Waals surface area contributed by atoms with Crippen molar-refractivity contribution < 1.29 is 0 Å². The topological polar surface area (TPSA) is 50.7 Å². The molecule has 106 valence electrons. The van der Waals surface area contributed by atoms with Gasteiger partial charge in [0.15, 0.2) is 0 Å². The Kier molecular flexibility index (Phi) is 3.90. The van der Waals surface area contributed by atoms with E-state index in [1.807, 2.05) is 31.2 Å². The number of benzene rings is 1. The molecule has 6 heteroatoms. The molecule has 0 aliphatic carbocycles. The Labute approximate surface area is 132 Å². The number of fused-ring (bicyclic) bond motifs is 1. The molecular weight excluding hydrogens is 307 g/mol. The first-order valence-electron chi connectivity index (χ1n) is 6.50. The quantitative estimate of drug-likeness (QED) is 0.715. The normalized spacial score (nSPS) is 10.8. The number of hydrogen-bond donors (Lipinski definition) is 1. The van der Waals surface area contributed by atoms with Crippen molar-refractivity contribution in [3.8, 4) is 0 Å². The Morgan fingerprint density at radius 1 is 1.10 bits per heavy atom. The van der Waals surface area contributed by atoms with E-state index in [9.17, 15) is 0 Å². The molecule has 0 spiro atoms. The van der Waals surface area contributed by atoms with Gasteiger partial charge in [0.2, 0.25) is 0 Å². The molecule has 0 radical (unpaired) electrons. The monoisotopic (exact) mass is 318 g/mol. The lowest BCUT2D eigenvalue weighted by Crippen LogP contribution is -2.01. The molecule has 0 bridgehead atoms. The van der Waals surface area contributed by atoms with Crippen molar-refractivity contribution >= 4 is 45.6 Å². The van der Waals surface area contributed by atoms with Crippen molar-refractivity contribution in [1.82, 2.24) is 15.0 Å². The standard InChI is InChI=1S/C15H12Cl2N4/c1-2-9-14(17)19-8-20-15(9)21-12-6-5-11(16)10-4-3-7-18-13(10)12/h3-8H,2H2,1H3,(H,19,20,21). The second kappa shape index (κ2) is 5.84. The Balaban J connectivity index is 2.11. The number of halogens is 2. The van der Waals surface area contributed by atoms with E-state index in [1.54, 1.807) is 6.20 Å². The van der Waals surface area contributed by atoms with Gasteiger partial charge in [0, 0.05) is 17.1 Å². The van der Waals surface area contributed by atoms with Crippen molar-refractivity contribution in [3.05, 3.63) is 52.5 Å². The van der Waals surface area contributed by atoms with Gasteiger partial charge in [0.25, 0.3) is 0 Å². The minimum absolute atomic E-state index is 0.459. The SMILES string of the molecule is CCc1c(Cl)ncnc1Nc1ccc(Cl)c2cccnc12. The van der Waals surface area contributed by atoms with E-state index in [0.717, 1.165) is 28.6 Å². The van der Waals surface area contributed by atoms with E-state index in [2.05, 4.69) is 20.3 Å². The molecule has 0 amide bonds. The van der Waals surface area contributed by atoms with Crippen LogP contribution in [0.3, 0.4) is 0 Å². The molecule has 1 aromatic carbocycles. The summed E-state index contributed by atoms with van der Waals surface area (Å²) in [7, 11) is 0. The highest BCUT2D eigenvalue weighted by Crippen LogP contribution is 2.31. The molecule has 0 saturated carbocycles. The molecule has 4 nitrogen and oxygen atoms in total. The van der Waals surface area contributed by atoms with Crippen molar-refractivity contribution in [1.29, 1.82) is 0 Å². The number of nitrogens with zero attached hydrogens (tertiary/aromatic N) is 3. The van der Waals surface area contributed by atoms with Gasteiger partial charge >= 0.3 is 0 Å². The predicted octanol–water partition coefficient (Wildman–Crippen LogP) is 4.64. The van der Waals surface area contributed by atoms with Gasteiger partial charge in [-0.3, -0.25) is 4.98 Å². The highest BCUT2D eigenvalue weighted by Gasteiger charge is 2.11. The van der Waals surface area contributed by atoms with Gasteiger partial charge < -0.3 is 5.32 Å². The lowest BCUT2D eigenvalue weighted by Gasteiger charge is -2.12. The highest BCUT2D eigenvalue weighted by molar-refractivity contribution is 6.35. The molecule has 3 aromatic rings. The molecule has 0 atom stereocenters. The van der Waals surface area contributed by atoms with Crippen LogP contribution in [0.2, 0.25) is 10.2 Å². The van der Waals surface area contributed by atoms with Crippen LogP contribution in [0.5, 0.6) is 0 Å². The first-order chi connectivity index (χ1) is 10.2. The molecule has 1 N–H and O–H groups in total. The third-order valence-electron chi connectivity index (χ3n) is 3.22. The fourth-order valence-electron chi connectivity index (χ4n) is 2.18. The number of rotatable bonds is 3. The van der Waals surface area contributed by atoms with Crippen LogP contribution in [-0.4, -0.2) is 15.0 Å². The molecule has 0 unspecified atom stereocenters. The van der Waals surface area contributed by atoms with Gasteiger partial charge in [-0.2, -0.15) is 0 Å². The lowest BCUT2D eigenvalue weighted by molar-refractivity contribution is 1.05.